The van der Waals surface area contributed by atoms with E-state index in [4.69, 9.17) is 4.74 Å². The summed E-state index contributed by atoms with van der Waals surface area (Å²) in [5.74, 6) is 1.04. The molecular formula is C16H20F3NO. The maximum atomic E-state index is 12.7. The number of rotatable bonds is 4. The van der Waals surface area contributed by atoms with Crippen molar-refractivity contribution < 1.29 is 17.9 Å². The summed E-state index contributed by atoms with van der Waals surface area (Å²) in [7, 11) is 0. The number of hydrogen-bond donors (Lipinski definition) is 0. The van der Waals surface area contributed by atoms with Gasteiger partial charge in [0, 0.05) is 0 Å². The molecule has 5 heteroatoms. The number of nitrogens with zero attached hydrogens (tertiary/aromatic N) is 1. The average Bonchev–Trinajstić information content (AvgIpc) is 2.77. The third-order valence-corrected chi connectivity index (χ3v) is 3.49. The van der Waals surface area contributed by atoms with Gasteiger partial charge >= 0.3 is 6.18 Å². The number of aliphatic imine (C=N–C) groups is 1. The number of halogens is 3. The van der Waals surface area contributed by atoms with Crippen LogP contribution < -0.4 is 0 Å². The first-order chi connectivity index (χ1) is 9.79. The van der Waals surface area contributed by atoms with Crippen LogP contribution >= 0.6 is 0 Å². The lowest BCUT2D eigenvalue weighted by atomic mass is 10.0. The van der Waals surface area contributed by atoms with E-state index in [1.165, 1.54) is 6.07 Å². The smallest absolute Gasteiger partial charge is 0.416 e. The van der Waals surface area contributed by atoms with E-state index in [0.29, 0.717) is 23.9 Å². The lowest BCUT2D eigenvalue weighted by molar-refractivity contribution is -0.137. The first-order valence-electron chi connectivity index (χ1n) is 7.24. The third kappa shape index (κ3) is 3.99. The summed E-state index contributed by atoms with van der Waals surface area (Å²) in [4.78, 5) is 4.22. The molecule has 1 atom stereocenters. The van der Waals surface area contributed by atoms with Crippen molar-refractivity contribution in [1.82, 2.24) is 0 Å². The van der Waals surface area contributed by atoms with Crippen LogP contribution in [-0.4, -0.2) is 12.0 Å². The van der Waals surface area contributed by atoms with Gasteiger partial charge in [-0.3, -0.25) is 0 Å². The molecule has 0 saturated heterocycles. The van der Waals surface area contributed by atoms with Crippen molar-refractivity contribution in [3.05, 3.63) is 29.3 Å². The normalized spacial score (nSPS) is 15.9. The summed E-state index contributed by atoms with van der Waals surface area (Å²) >= 11 is 0. The van der Waals surface area contributed by atoms with Gasteiger partial charge in [-0.05, 0) is 36.5 Å². The van der Waals surface area contributed by atoms with Gasteiger partial charge in [-0.25, -0.2) is 4.99 Å². The predicted molar refractivity (Wildman–Crippen MR) is 76.9 cm³/mol. The summed E-state index contributed by atoms with van der Waals surface area (Å²) in [6.07, 6.45) is -2.01. The first-order valence-corrected chi connectivity index (χ1v) is 7.24. The van der Waals surface area contributed by atoms with Crippen molar-refractivity contribution in [3.8, 4) is 0 Å². The minimum Gasteiger partial charge on any atom is -0.477 e. The molecule has 0 N–H and O–H groups in total. The van der Waals surface area contributed by atoms with Crippen LogP contribution in [0.25, 0.3) is 0 Å². The van der Waals surface area contributed by atoms with Crippen LogP contribution in [0.4, 0.5) is 18.9 Å². The van der Waals surface area contributed by atoms with Crippen LogP contribution in [-0.2, 0) is 17.3 Å². The Morgan fingerprint density at radius 1 is 1.29 bits per heavy atom. The van der Waals surface area contributed by atoms with Gasteiger partial charge in [0.15, 0.2) is 5.90 Å². The monoisotopic (exact) mass is 299 g/mol. The number of ether oxygens (including phenoxy) is 1. The van der Waals surface area contributed by atoms with E-state index in [2.05, 4.69) is 18.8 Å². The number of hydrogen-bond acceptors (Lipinski definition) is 2. The van der Waals surface area contributed by atoms with Crippen LogP contribution in [0.15, 0.2) is 23.2 Å². The molecule has 116 valence electrons. The molecule has 0 unspecified atom stereocenters. The van der Waals surface area contributed by atoms with E-state index in [9.17, 15) is 13.2 Å². The van der Waals surface area contributed by atoms with E-state index in [-0.39, 0.29) is 6.10 Å². The Hall–Kier alpha value is -1.52. The van der Waals surface area contributed by atoms with Gasteiger partial charge < -0.3 is 4.74 Å². The zero-order valence-corrected chi connectivity index (χ0v) is 12.5. The second kappa shape index (κ2) is 6.08. The molecule has 1 aliphatic heterocycles. The fourth-order valence-corrected chi connectivity index (χ4v) is 2.41. The molecule has 21 heavy (non-hydrogen) atoms. The quantitative estimate of drug-likeness (QED) is 0.755. The average molecular weight is 299 g/mol. The minimum atomic E-state index is -4.34. The van der Waals surface area contributed by atoms with Crippen LogP contribution in [0.5, 0.6) is 0 Å². The fourth-order valence-electron chi connectivity index (χ4n) is 2.41. The number of fused-ring (bicyclic) bond motifs is 1. The molecule has 0 spiro atoms. The van der Waals surface area contributed by atoms with Gasteiger partial charge in [0.05, 0.1) is 17.7 Å². The maximum Gasteiger partial charge on any atom is 0.416 e. The molecule has 2 rings (SSSR count). The highest BCUT2D eigenvalue weighted by Gasteiger charge is 2.32. The molecule has 2 nitrogen and oxygen atoms in total. The summed E-state index contributed by atoms with van der Waals surface area (Å²) in [5, 5.41) is 0. The fraction of sp³-hybridized carbons (Fsp3) is 0.562. The van der Waals surface area contributed by atoms with Gasteiger partial charge in [-0.1, -0.05) is 26.8 Å². The highest BCUT2D eigenvalue weighted by atomic mass is 19.4. The van der Waals surface area contributed by atoms with E-state index in [0.717, 1.165) is 30.5 Å². The molecule has 1 aliphatic rings. The Balaban J connectivity index is 2.11. The maximum absolute atomic E-state index is 12.7. The van der Waals surface area contributed by atoms with Crippen molar-refractivity contribution in [2.45, 2.75) is 52.3 Å². The second-order valence-electron chi connectivity index (χ2n) is 5.80. The van der Waals surface area contributed by atoms with Gasteiger partial charge in [-0.15, -0.1) is 0 Å². The summed E-state index contributed by atoms with van der Waals surface area (Å²) in [6, 6.07) is 3.68. The Morgan fingerprint density at radius 3 is 2.57 bits per heavy atom. The molecule has 0 bridgehead atoms. The Labute approximate surface area is 123 Å². The largest absolute Gasteiger partial charge is 0.477 e. The van der Waals surface area contributed by atoms with Crippen molar-refractivity contribution in [2.24, 2.45) is 10.9 Å². The molecule has 0 saturated carbocycles. The topological polar surface area (TPSA) is 21.6 Å². The Bertz CT molecular complexity index is 535. The number of benzene rings is 1. The SMILES string of the molecule is CC[C@H](CC(C)C)OC1=Nc2cc(C(F)(F)F)ccc2C1. The second-order valence-corrected chi connectivity index (χ2v) is 5.80. The predicted octanol–water partition coefficient (Wildman–Crippen LogP) is 5.13. The molecule has 1 heterocycles. The van der Waals surface area contributed by atoms with Crippen LogP contribution in [0, 0.1) is 5.92 Å². The number of alkyl halides is 3. The van der Waals surface area contributed by atoms with Crippen molar-refractivity contribution in [3.63, 3.8) is 0 Å². The highest BCUT2D eigenvalue weighted by Crippen LogP contribution is 2.36. The van der Waals surface area contributed by atoms with Crippen LogP contribution in [0.3, 0.4) is 0 Å². The van der Waals surface area contributed by atoms with Crippen molar-refractivity contribution >= 4 is 11.6 Å². The van der Waals surface area contributed by atoms with E-state index < -0.39 is 11.7 Å². The van der Waals surface area contributed by atoms with Crippen LogP contribution in [0.2, 0.25) is 0 Å². The highest BCUT2D eigenvalue weighted by molar-refractivity contribution is 5.88. The van der Waals surface area contributed by atoms with Gasteiger partial charge in [0.25, 0.3) is 0 Å². The first kappa shape index (κ1) is 15.9. The van der Waals surface area contributed by atoms with Gasteiger partial charge in [0.1, 0.15) is 6.10 Å². The molecule has 0 radical (unpaired) electrons. The van der Waals surface area contributed by atoms with Gasteiger partial charge in [0.2, 0.25) is 0 Å². The molecule has 0 aromatic heterocycles. The molecule has 0 fully saturated rings. The zero-order valence-electron chi connectivity index (χ0n) is 12.5. The third-order valence-electron chi connectivity index (χ3n) is 3.49. The van der Waals surface area contributed by atoms with Crippen LogP contribution in [0.1, 0.15) is 44.7 Å². The lowest BCUT2D eigenvalue weighted by Crippen LogP contribution is -2.19. The van der Waals surface area contributed by atoms with Gasteiger partial charge in [-0.2, -0.15) is 13.2 Å². The summed E-state index contributed by atoms with van der Waals surface area (Å²) < 4.78 is 43.9. The van der Waals surface area contributed by atoms with E-state index in [1.807, 2.05) is 6.92 Å². The Kier molecular flexibility index (Phi) is 4.59. The molecular weight excluding hydrogens is 279 g/mol. The van der Waals surface area contributed by atoms with E-state index in [1.54, 1.807) is 0 Å². The molecule has 0 amide bonds. The standard InChI is InChI=1S/C16H20F3NO/c1-4-13(7-10(2)3)21-15-8-11-5-6-12(16(17,18)19)9-14(11)20-15/h5-6,9-10,13H,4,7-8H2,1-3H3/t13-/m1/s1. The molecule has 1 aromatic rings. The molecule has 1 aromatic carbocycles. The van der Waals surface area contributed by atoms with Crippen molar-refractivity contribution in [1.29, 1.82) is 0 Å². The molecule has 0 aliphatic carbocycles. The summed E-state index contributed by atoms with van der Waals surface area (Å²) in [6.45, 7) is 6.27. The Morgan fingerprint density at radius 2 is 2.00 bits per heavy atom. The lowest BCUT2D eigenvalue weighted by Gasteiger charge is -2.18. The zero-order chi connectivity index (χ0) is 15.6. The minimum absolute atomic E-state index is 0.0696. The van der Waals surface area contributed by atoms with Crippen molar-refractivity contribution in [2.75, 3.05) is 0 Å². The van der Waals surface area contributed by atoms with E-state index >= 15 is 0 Å². The summed E-state index contributed by atoms with van der Waals surface area (Å²) in [5.41, 5.74) is 0.497.